The predicted molar refractivity (Wildman–Crippen MR) is 131 cm³/mol. The van der Waals surface area contributed by atoms with E-state index in [1.807, 2.05) is 41.5 Å². The largest absolute Gasteiger partial charge is 0.444 e. The van der Waals surface area contributed by atoms with E-state index in [0.29, 0.717) is 52.4 Å². The number of rotatable bonds is 2. The molecule has 2 aliphatic rings. The molecule has 1 aromatic rings. The van der Waals surface area contributed by atoms with E-state index < -0.39 is 23.4 Å². The molecule has 0 aromatic carbocycles. The molecule has 0 atom stereocenters. The molecule has 0 unspecified atom stereocenters. The number of hydrogen-bond acceptors (Lipinski definition) is 7. The minimum Gasteiger partial charge on any atom is -0.444 e. The Morgan fingerprint density at radius 2 is 1.03 bits per heavy atom. The first kappa shape index (κ1) is 27.3. The highest BCUT2D eigenvalue weighted by Gasteiger charge is 2.34. The van der Waals surface area contributed by atoms with E-state index >= 15 is 0 Å². The molecular formula is C24H38N6O6. The van der Waals surface area contributed by atoms with Gasteiger partial charge in [0.25, 0.3) is 11.8 Å². The molecule has 12 nitrogen and oxygen atoms in total. The fourth-order valence-electron chi connectivity index (χ4n) is 3.98. The van der Waals surface area contributed by atoms with Gasteiger partial charge in [-0.25, -0.2) is 14.6 Å². The highest BCUT2D eigenvalue weighted by molar-refractivity contribution is 6.05. The SMILES string of the molecule is Cn1cnc(C(=O)N2CCN(C(=O)OC(C)(C)C)CC2)c1C(=O)N1CCN(C(=O)OC(C)(C)C)CC1. The van der Waals surface area contributed by atoms with Crippen LogP contribution in [0, 0.1) is 0 Å². The van der Waals surface area contributed by atoms with E-state index in [0.717, 1.165) is 0 Å². The number of imidazole rings is 1. The summed E-state index contributed by atoms with van der Waals surface area (Å²) in [5.41, 5.74) is -0.888. The summed E-state index contributed by atoms with van der Waals surface area (Å²) < 4.78 is 12.4. The Morgan fingerprint density at radius 1 is 0.667 bits per heavy atom. The van der Waals surface area contributed by atoms with Crippen molar-refractivity contribution in [2.24, 2.45) is 7.05 Å². The van der Waals surface area contributed by atoms with E-state index in [9.17, 15) is 19.2 Å². The van der Waals surface area contributed by atoms with Gasteiger partial charge in [0.2, 0.25) is 0 Å². The molecule has 0 N–H and O–H groups in total. The number of piperazine rings is 2. The molecule has 0 bridgehead atoms. The fraction of sp³-hybridized carbons (Fsp3) is 0.708. The Labute approximate surface area is 212 Å². The van der Waals surface area contributed by atoms with Crippen molar-refractivity contribution >= 4 is 24.0 Å². The van der Waals surface area contributed by atoms with Crippen molar-refractivity contribution in [1.82, 2.24) is 29.2 Å². The van der Waals surface area contributed by atoms with Gasteiger partial charge in [-0.2, -0.15) is 0 Å². The second-order valence-corrected chi connectivity index (χ2v) is 11.1. The number of nitrogens with zero attached hydrogens (tertiary/aromatic N) is 6. The summed E-state index contributed by atoms with van der Waals surface area (Å²) in [6.45, 7) is 13.5. The molecular weight excluding hydrogens is 468 g/mol. The number of carbonyl (C=O) groups excluding carboxylic acids is 4. The third-order valence-electron chi connectivity index (χ3n) is 5.78. The average molecular weight is 507 g/mol. The summed E-state index contributed by atoms with van der Waals surface area (Å²) in [6.07, 6.45) is 0.638. The van der Waals surface area contributed by atoms with Crippen LogP contribution in [-0.2, 0) is 16.5 Å². The van der Waals surface area contributed by atoms with Crippen molar-refractivity contribution in [2.75, 3.05) is 52.4 Å². The van der Waals surface area contributed by atoms with Crippen LogP contribution < -0.4 is 0 Å². The maximum absolute atomic E-state index is 13.4. The third kappa shape index (κ3) is 6.67. The molecule has 3 rings (SSSR count). The monoisotopic (exact) mass is 506 g/mol. The van der Waals surface area contributed by atoms with Crippen LogP contribution >= 0.6 is 0 Å². The molecule has 2 saturated heterocycles. The van der Waals surface area contributed by atoms with Crippen molar-refractivity contribution in [2.45, 2.75) is 52.7 Å². The topological polar surface area (TPSA) is 118 Å². The van der Waals surface area contributed by atoms with Gasteiger partial charge in [-0.3, -0.25) is 9.59 Å². The number of aromatic nitrogens is 2. The van der Waals surface area contributed by atoms with Crippen molar-refractivity contribution < 1.29 is 28.7 Å². The molecule has 2 fully saturated rings. The lowest BCUT2D eigenvalue weighted by molar-refractivity contribution is 0.0130. The second-order valence-electron chi connectivity index (χ2n) is 11.1. The lowest BCUT2D eigenvalue weighted by Crippen LogP contribution is -2.53. The zero-order valence-electron chi connectivity index (χ0n) is 22.4. The van der Waals surface area contributed by atoms with Gasteiger partial charge in [0, 0.05) is 59.4 Å². The normalized spacial score (nSPS) is 17.2. The molecule has 0 saturated carbocycles. The lowest BCUT2D eigenvalue weighted by atomic mass is 10.2. The van der Waals surface area contributed by atoms with Crippen LogP contribution in [0.2, 0.25) is 0 Å². The van der Waals surface area contributed by atoms with Crippen LogP contribution in [0.15, 0.2) is 6.33 Å². The molecule has 200 valence electrons. The Morgan fingerprint density at radius 3 is 1.42 bits per heavy atom. The minimum atomic E-state index is -0.592. The van der Waals surface area contributed by atoms with Gasteiger partial charge in [-0.1, -0.05) is 0 Å². The average Bonchev–Trinajstić information content (AvgIpc) is 3.17. The van der Waals surface area contributed by atoms with Gasteiger partial charge < -0.3 is 33.6 Å². The van der Waals surface area contributed by atoms with Crippen LogP contribution in [0.3, 0.4) is 0 Å². The van der Waals surface area contributed by atoms with E-state index in [-0.39, 0.29) is 23.2 Å². The van der Waals surface area contributed by atoms with E-state index in [1.54, 1.807) is 31.2 Å². The zero-order chi connectivity index (χ0) is 26.8. The maximum Gasteiger partial charge on any atom is 0.410 e. The van der Waals surface area contributed by atoms with Crippen LogP contribution in [0.4, 0.5) is 9.59 Å². The number of amides is 4. The summed E-state index contributed by atoms with van der Waals surface area (Å²) in [5, 5.41) is 0. The standard InChI is InChI=1S/C24H38N6O6/c1-23(2,3)35-21(33)29-12-8-27(9-13-29)19(31)17-18(26(7)16-25-17)20(32)28-10-14-30(15-11-28)22(34)36-24(4,5)6/h16H,8-15H2,1-7H3. The minimum absolute atomic E-state index is 0.0859. The summed E-state index contributed by atoms with van der Waals surface area (Å²) in [5.74, 6) is -0.662. The van der Waals surface area contributed by atoms with Gasteiger partial charge in [-0.15, -0.1) is 0 Å². The van der Waals surface area contributed by atoms with Crippen LogP contribution in [0.5, 0.6) is 0 Å². The molecule has 1 aromatic heterocycles. The Balaban J connectivity index is 1.61. The van der Waals surface area contributed by atoms with E-state index in [1.165, 1.54) is 6.33 Å². The van der Waals surface area contributed by atoms with Crippen molar-refractivity contribution in [3.63, 3.8) is 0 Å². The van der Waals surface area contributed by atoms with Gasteiger partial charge in [0.05, 0.1) is 6.33 Å². The second kappa shape index (κ2) is 10.4. The Bertz CT molecular complexity index is 992. The van der Waals surface area contributed by atoms with Gasteiger partial charge in [0.15, 0.2) is 5.69 Å². The first-order valence-corrected chi connectivity index (χ1v) is 12.2. The van der Waals surface area contributed by atoms with Gasteiger partial charge >= 0.3 is 12.2 Å². The van der Waals surface area contributed by atoms with Crippen LogP contribution in [-0.4, -0.2) is 117 Å². The van der Waals surface area contributed by atoms with Crippen molar-refractivity contribution in [3.8, 4) is 0 Å². The highest BCUT2D eigenvalue weighted by Crippen LogP contribution is 2.18. The first-order valence-electron chi connectivity index (χ1n) is 12.2. The van der Waals surface area contributed by atoms with Gasteiger partial charge in [-0.05, 0) is 41.5 Å². The number of hydrogen-bond donors (Lipinski definition) is 0. The van der Waals surface area contributed by atoms with Crippen molar-refractivity contribution in [1.29, 1.82) is 0 Å². The molecule has 36 heavy (non-hydrogen) atoms. The summed E-state index contributed by atoms with van der Waals surface area (Å²) in [6, 6.07) is 0. The Hall–Kier alpha value is -3.31. The molecule has 0 aliphatic carbocycles. The summed E-state index contributed by atoms with van der Waals surface area (Å²) >= 11 is 0. The zero-order valence-corrected chi connectivity index (χ0v) is 22.4. The molecule has 3 heterocycles. The van der Waals surface area contributed by atoms with E-state index in [2.05, 4.69) is 4.98 Å². The fourth-order valence-corrected chi connectivity index (χ4v) is 3.98. The predicted octanol–water partition coefficient (Wildman–Crippen LogP) is 1.81. The van der Waals surface area contributed by atoms with Crippen molar-refractivity contribution in [3.05, 3.63) is 17.7 Å². The van der Waals surface area contributed by atoms with Gasteiger partial charge in [0.1, 0.15) is 16.9 Å². The Kier molecular flexibility index (Phi) is 7.85. The molecule has 2 aliphatic heterocycles. The third-order valence-corrected chi connectivity index (χ3v) is 5.78. The number of ether oxygens (including phenoxy) is 2. The number of aryl methyl sites for hydroxylation is 1. The van der Waals surface area contributed by atoms with E-state index in [4.69, 9.17) is 9.47 Å². The first-order chi connectivity index (χ1) is 16.7. The smallest absolute Gasteiger partial charge is 0.410 e. The molecule has 4 amide bonds. The lowest BCUT2D eigenvalue weighted by Gasteiger charge is -2.36. The highest BCUT2D eigenvalue weighted by atomic mass is 16.6. The molecule has 12 heteroatoms. The summed E-state index contributed by atoms with van der Waals surface area (Å²) in [7, 11) is 1.68. The maximum atomic E-state index is 13.4. The van der Waals surface area contributed by atoms with Crippen LogP contribution in [0.1, 0.15) is 62.5 Å². The number of carbonyl (C=O) groups is 4. The van der Waals surface area contributed by atoms with Crippen LogP contribution in [0.25, 0.3) is 0 Å². The quantitative estimate of drug-likeness (QED) is 0.600. The molecule has 0 spiro atoms. The molecule has 0 radical (unpaired) electrons. The summed E-state index contributed by atoms with van der Waals surface area (Å²) in [4.78, 5) is 61.9.